The van der Waals surface area contributed by atoms with E-state index in [1.54, 1.807) is 10.7 Å². The van der Waals surface area contributed by atoms with Crippen molar-refractivity contribution in [2.75, 3.05) is 6.61 Å². The van der Waals surface area contributed by atoms with Gasteiger partial charge in [-0.3, -0.25) is 9.89 Å². The van der Waals surface area contributed by atoms with Crippen LogP contribution in [0.2, 0.25) is 0 Å². The van der Waals surface area contributed by atoms with Gasteiger partial charge < -0.3 is 4.74 Å². The third-order valence-corrected chi connectivity index (χ3v) is 6.29. The van der Waals surface area contributed by atoms with Gasteiger partial charge in [0.1, 0.15) is 11.5 Å². The van der Waals surface area contributed by atoms with E-state index >= 15 is 0 Å². The van der Waals surface area contributed by atoms with Crippen molar-refractivity contribution >= 4 is 20.6 Å². The van der Waals surface area contributed by atoms with Crippen molar-refractivity contribution in [1.82, 2.24) is 29.8 Å². The highest BCUT2D eigenvalue weighted by molar-refractivity contribution is 7.91. The molecule has 0 spiro atoms. The molecule has 0 radical (unpaired) electrons. The molecule has 0 fully saturated rings. The number of sulfone groups is 1. The Hall–Kier alpha value is -3.47. The van der Waals surface area contributed by atoms with Crippen molar-refractivity contribution in [3.8, 4) is 5.88 Å². The van der Waals surface area contributed by atoms with Crippen LogP contribution in [-0.4, -0.2) is 44.8 Å². The molecule has 1 N–H and O–H groups in total. The van der Waals surface area contributed by atoms with E-state index in [1.165, 1.54) is 41.5 Å². The Balaban J connectivity index is 1.52. The summed E-state index contributed by atoms with van der Waals surface area (Å²) < 4.78 is 33.7. The second kappa shape index (κ2) is 6.02. The molecule has 4 heterocycles. The van der Waals surface area contributed by atoms with Crippen LogP contribution in [0.15, 0.2) is 57.4 Å². The Morgan fingerprint density at radius 1 is 1.18 bits per heavy atom. The second-order valence-electron chi connectivity index (χ2n) is 6.34. The molecule has 4 aromatic rings. The number of nitrogens with zero attached hydrogens (tertiary/aromatic N) is 5. The number of fused-ring (bicyclic) bond motifs is 2. The van der Waals surface area contributed by atoms with Crippen LogP contribution >= 0.6 is 0 Å². The fourth-order valence-corrected chi connectivity index (χ4v) is 4.36. The summed E-state index contributed by atoms with van der Waals surface area (Å²) in [5, 5.41) is 15.5. The molecule has 142 valence electrons. The molecule has 0 amide bonds. The maximum atomic E-state index is 12.8. The van der Waals surface area contributed by atoms with Gasteiger partial charge in [-0.25, -0.2) is 17.8 Å². The van der Waals surface area contributed by atoms with Crippen LogP contribution in [0.4, 0.5) is 0 Å². The number of rotatable bonds is 4. The minimum absolute atomic E-state index is 0.0585. The monoisotopic (exact) mass is 398 g/mol. The summed E-state index contributed by atoms with van der Waals surface area (Å²) in [7, 11) is -3.71. The zero-order valence-corrected chi connectivity index (χ0v) is 15.3. The zero-order valence-electron chi connectivity index (χ0n) is 14.4. The standard InChI is InChI=1S/C17H14N6O4S/c24-17-15-2-1-13(28(25,26)14-8-18-19-9-14)5-11(15)7-20-23(17)10-12-6-16-22(21-12)3-4-27-16/h1-2,5-9H,3-4,10H2,(H,18,19). The largest absolute Gasteiger partial charge is 0.476 e. The molecule has 1 aliphatic rings. The highest BCUT2D eigenvalue weighted by Gasteiger charge is 2.20. The van der Waals surface area contributed by atoms with E-state index in [0.717, 1.165) is 0 Å². The predicted octanol–water partition coefficient (Wildman–Crippen LogP) is 0.590. The average Bonchev–Trinajstić information content (AvgIpc) is 3.41. The first-order chi connectivity index (χ1) is 13.5. The lowest BCUT2D eigenvalue weighted by Gasteiger charge is -2.06. The van der Waals surface area contributed by atoms with Crippen LogP contribution in [0.1, 0.15) is 5.69 Å². The van der Waals surface area contributed by atoms with E-state index in [4.69, 9.17) is 4.74 Å². The molecule has 3 aromatic heterocycles. The fourth-order valence-electron chi connectivity index (χ4n) is 3.16. The molecular formula is C17H14N6O4S. The van der Waals surface area contributed by atoms with Gasteiger partial charge in [0.25, 0.3) is 5.56 Å². The highest BCUT2D eigenvalue weighted by atomic mass is 32.2. The maximum Gasteiger partial charge on any atom is 0.274 e. The average molecular weight is 398 g/mol. The van der Waals surface area contributed by atoms with Crippen LogP contribution < -0.4 is 10.3 Å². The highest BCUT2D eigenvalue weighted by Crippen LogP contribution is 2.23. The Labute approximate surface area is 158 Å². The van der Waals surface area contributed by atoms with E-state index in [1.807, 2.05) is 0 Å². The lowest BCUT2D eigenvalue weighted by molar-refractivity contribution is 0.356. The summed E-state index contributed by atoms with van der Waals surface area (Å²) >= 11 is 0. The smallest absolute Gasteiger partial charge is 0.274 e. The predicted molar refractivity (Wildman–Crippen MR) is 96.9 cm³/mol. The van der Waals surface area contributed by atoms with Crippen molar-refractivity contribution in [3.63, 3.8) is 0 Å². The molecule has 11 heteroatoms. The molecule has 10 nitrogen and oxygen atoms in total. The SMILES string of the molecule is O=c1c2ccc(S(=O)(=O)c3cn[nH]c3)cc2cnn1Cc1cc2n(n1)CCO2. The minimum atomic E-state index is -3.71. The van der Waals surface area contributed by atoms with Crippen LogP contribution in [0, 0.1) is 0 Å². The van der Waals surface area contributed by atoms with Crippen molar-refractivity contribution < 1.29 is 13.2 Å². The molecule has 0 unspecified atom stereocenters. The lowest BCUT2D eigenvalue weighted by atomic mass is 10.2. The first-order valence-corrected chi connectivity index (χ1v) is 9.94. The molecule has 0 saturated heterocycles. The van der Waals surface area contributed by atoms with E-state index in [2.05, 4.69) is 20.4 Å². The summed E-state index contributed by atoms with van der Waals surface area (Å²) in [4.78, 5) is 12.9. The van der Waals surface area contributed by atoms with Crippen molar-refractivity contribution in [1.29, 1.82) is 0 Å². The fraction of sp³-hybridized carbons (Fsp3) is 0.176. The van der Waals surface area contributed by atoms with Gasteiger partial charge in [-0.15, -0.1) is 0 Å². The molecule has 0 bridgehead atoms. The van der Waals surface area contributed by atoms with Gasteiger partial charge in [0, 0.05) is 17.6 Å². The van der Waals surface area contributed by atoms with Gasteiger partial charge in [0.2, 0.25) is 15.7 Å². The van der Waals surface area contributed by atoms with E-state index in [0.29, 0.717) is 35.5 Å². The Morgan fingerprint density at radius 3 is 2.86 bits per heavy atom. The maximum absolute atomic E-state index is 12.8. The van der Waals surface area contributed by atoms with Crippen LogP contribution in [-0.2, 0) is 22.9 Å². The molecular weight excluding hydrogens is 384 g/mol. The summed E-state index contributed by atoms with van der Waals surface area (Å²) in [6.45, 7) is 1.48. The summed E-state index contributed by atoms with van der Waals surface area (Å²) in [6, 6.07) is 6.13. The summed E-state index contributed by atoms with van der Waals surface area (Å²) in [5.41, 5.74) is 0.349. The molecule has 28 heavy (non-hydrogen) atoms. The van der Waals surface area contributed by atoms with Gasteiger partial charge >= 0.3 is 0 Å². The van der Waals surface area contributed by atoms with Gasteiger partial charge in [-0.2, -0.15) is 15.3 Å². The molecule has 0 aliphatic carbocycles. The number of hydrogen-bond donors (Lipinski definition) is 1. The first kappa shape index (κ1) is 16.7. The molecule has 5 rings (SSSR count). The number of ether oxygens (including phenoxy) is 1. The molecule has 0 atom stereocenters. The van der Waals surface area contributed by atoms with Gasteiger partial charge in [0.15, 0.2) is 0 Å². The zero-order chi connectivity index (χ0) is 19.3. The quantitative estimate of drug-likeness (QED) is 0.533. The van der Waals surface area contributed by atoms with Crippen molar-refractivity contribution in [3.05, 3.63) is 58.9 Å². The number of nitrogens with one attached hydrogen (secondary N) is 1. The van der Waals surface area contributed by atoms with Gasteiger partial charge in [0.05, 0.1) is 41.5 Å². The van der Waals surface area contributed by atoms with Crippen LogP contribution in [0.25, 0.3) is 10.8 Å². The number of H-pyrrole nitrogens is 1. The van der Waals surface area contributed by atoms with Crippen molar-refractivity contribution in [2.45, 2.75) is 22.9 Å². The van der Waals surface area contributed by atoms with E-state index in [-0.39, 0.29) is 21.9 Å². The van der Waals surface area contributed by atoms with Crippen molar-refractivity contribution in [2.24, 2.45) is 0 Å². The third-order valence-electron chi connectivity index (χ3n) is 4.58. The van der Waals surface area contributed by atoms with Crippen LogP contribution in [0.3, 0.4) is 0 Å². The molecule has 1 aromatic carbocycles. The number of benzene rings is 1. The Bertz CT molecular complexity index is 1330. The topological polar surface area (TPSA) is 125 Å². The number of aromatic amines is 1. The number of aromatic nitrogens is 6. The lowest BCUT2D eigenvalue weighted by Crippen LogP contribution is -2.23. The van der Waals surface area contributed by atoms with E-state index in [9.17, 15) is 13.2 Å². The Kier molecular flexibility index (Phi) is 3.59. The van der Waals surface area contributed by atoms with E-state index < -0.39 is 9.84 Å². The molecule has 1 aliphatic heterocycles. The molecule has 0 saturated carbocycles. The first-order valence-electron chi connectivity index (χ1n) is 8.46. The van der Waals surface area contributed by atoms with Gasteiger partial charge in [-0.1, -0.05) is 0 Å². The summed E-state index contributed by atoms with van der Waals surface area (Å²) in [5.74, 6) is 0.679. The third kappa shape index (κ3) is 2.59. The second-order valence-corrected chi connectivity index (χ2v) is 8.29. The summed E-state index contributed by atoms with van der Waals surface area (Å²) in [6.07, 6.45) is 4.02. The number of hydrogen-bond acceptors (Lipinski definition) is 7. The normalized spacial score (nSPS) is 13.6. The van der Waals surface area contributed by atoms with Crippen LogP contribution in [0.5, 0.6) is 5.88 Å². The Morgan fingerprint density at radius 2 is 2.07 bits per heavy atom. The van der Waals surface area contributed by atoms with Gasteiger partial charge in [-0.05, 0) is 18.2 Å². The minimum Gasteiger partial charge on any atom is -0.476 e.